The van der Waals surface area contributed by atoms with E-state index in [0.717, 1.165) is 5.56 Å². The minimum Gasteiger partial charge on any atom is -0.480 e. The van der Waals surface area contributed by atoms with E-state index in [-0.39, 0.29) is 6.54 Å². The molecule has 0 aliphatic heterocycles. The third-order valence-electron chi connectivity index (χ3n) is 2.20. The zero-order valence-electron chi connectivity index (χ0n) is 8.84. The largest absolute Gasteiger partial charge is 0.480 e. The number of aliphatic hydroxyl groups excluding tert-OH is 1. The van der Waals surface area contributed by atoms with E-state index in [0.29, 0.717) is 6.42 Å². The highest BCUT2D eigenvalue weighted by molar-refractivity contribution is 5.73. The van der Waals surface area contributed by atoms with Crippen molar-refractivity contribution in [1.82, 2.24) is 5.32 Å². The molecular formula is C11H16N2O3. The van der Waals surface area contributed by atoms with Crippen molar-refractivity contribution < 1.29 is 15.0 Å². The third-order valence-corrected chi connectivity index (χ3v) is 2.20. The van der Waals surface area contributed by atoms with Gasteiger partial charge in [0.1, 0.15) is 12.3 Å². The first-order valence-electron chi connectivity index (χ1n) is 5.04. The first kappa shape index (κ1) is 12.6. The molecule has 0 aliphatic rings. The van der Waals surface area contributed by atoms with E-state index in [2.05, 4.69) is 5.32 Å². The van der Waals surface area contributed by atoms with E-state index in [9.17, 15) is 9.90 Å². The summed E-state index contributed by atoms with van der Waals surface area (Å²) in [7, 11) is 0. The van der Waals surface area contributed by atoms with Crippen molar-refractivity contribution >= 4 is 5.97 Å². The second-order valence-corrected chi connectivity index (χ2v) is 3.50. The van der Waals surface area contributed by atoms with E-state index < -0.39 is 18.2 Å². The van der Waals surface area contributed by atoms with Gasteiger partial charge in [-0.2, -0.15) is 0 Å². The molecule has 0 amide bonds. The number of hydrogen-bond acceptors (Lipinski definition) is 4. The minimum absolute atomic E-state index is 0.0153. The molecule has 0 aliphatic carbocycles. The predicted octanol–water partition coefficient (Wildman–Crippen LogP) is -0.451. The first-order valence-corrected chi connectivity index (χ1v) is 5.04. The van der Waals surface area contributed by atoms with Crippen LogP contribution in [-0.2, 0) is 11.2 Å². The maximum Gasteiger partial charge on any atom is 0.321 e. The van der Waals surface area contributed by atoms with Gasteiger partial charge >= 0.3 is 5.97 Å². The Labute approximate surface area is 93.9 Å². The molecule has 0 saturated carbocycles. The standard InChI is InChI=1S/C11H16N2O3/c12-7-10(14)13-9(11(15)16)6-8-4-2-1-3-5-8/h1-5,9-10,13-14H,6-7,12H2,(H,15,16)/t9-,10?/m0/s1. The van der Waals surface area contributed by atoms with Gasteiger partial charge in [0.2, 0.25) is 0 Å². The van der Waals surface area contributed by atoms with Gasteiger partial charge in [0.15, 0.2) is 0 Å². The topological polar surface area (TPSA) is 95.6 Å². The number of benzene rings is 1. The number of hydrogen-bond donors (Lipinski definition) is 4. The summed E-state index contributed by atoms with van der Waals surface area (Å²) in [5.41, 5.74) is 6.10. The average molecular weight is 224 g/mol. The molecule has 5 heteroatoms. The lowest BCUT2D eigenvalue weighted by Gasteiger charge is -2.18. The number of aliphatic hydroxyl groups is 1. The molecule has 1 rings (SSSR count). The monoisotopic (exact) mass is 224 g/mol. The summed E-state index contributed by atoms with van der Waals surface area (Å²) in [6, 6.07) is 8.39. The summed E-state index contributed by atoms with van der Waals surface area (Å²) in [6.07, 6.45) is -0.683. The van der Waals surface area contributed by atoms with Crippen molar-refractivity contribution in [3.05, 3.63) is 35.9 Å². The summed E-state index contributed by atoms with van der Waals surface area (Å²) < 4.78 is 0. The van der Waals surface area contributed by atoms with Crippen LogP contribution in [0.25, 0.3) is 0 Å². The van der Waals surface area contributed by atoms with Crippen molar-refractivity contribution in [2.24, 2.45) is 5.73 Å². The average Bonchev–Trinajstić information content (AvgIpc) is 2.29. The number of aliphatic carboxylic acids is 1. The van der Waals surface area contributed by atoms with Crippen molar-refractivity contribution in [1.29, 1.82) is 0 Å². The molecule has 1 unspecified atom stereocenters. The number of nitrogens with one attached hydrogen (secondary N) is 1. The summed E-state index contributed by atoms with van der Waals surface area (Å²) in [4.78, 5) is 10.9. The Morgan fingerprint density at radius 3 is 2.50 bits per heavy atom. The van der Waals surface area contributed by atoms with Crippen molar-refractivity contribution in [3.63, 3.8) is 0 Å². The number of nitrogens with two attached hydrogens (primary N) is 1. The highest BCUT2D eigenvalue weighted by Crippen LogP contribution is 2.03. The molecule has 16 heavy (non-hydrogen) atoms. The Bertz CT molecular complexity index is 329. The summed E-state index contributed by atoms with van der Waals surface area (Å²) in [5.74, 6) is -1.00. The van der Waals surface area contributed by atoms with Crippen molar-refractivity contribution in [2.75, 3.05) is 6.54 Å². The molecule has 1 aromatic carbocycles. The SMILES string of the molecule is NCC(O)N[C@@H](Cc1ccccc1)C(=O)O. The Hall–Kier alpha value is -1.43. The predicted molar refractivity (Wildman–Crippen MR) is 59.8 cm³/mol. The number of carboxylic acid groups (broad SMARTS) is 1. The zero-order valence-corrected chi connectivity index (χ0v) is 8.84. The molecule has 1 aromatic rings. The van der Waals surface area contributed by atoms with E-state index in [1.165, 1.54) is 0 Å². The Morgan fingerprint density at radius 2 is 2.00 bits per heavy atom. The minimum atomic E-state index is -1.00. The van der Waals surface area contributed by atoms with Gasteiger partial charge in [0.25, 0.3) is 0 Å². The summed E-state index contributed by atoms with van der Waals surface area (Å²) in [6.45, 7) is -0.0153. The van der Waals surface area contributed by atoms with E-state index in [1.54, 1.807) is 0 Å². The van der Waals surface area contributed by atoms with Gasteiger partial charge in [-0.05, 0) is 12.0 Å². The van der Waals surface area contributed by atoms with Crippen LogP contribution in [0.4, 0.5) is 0 Å². The maximum atomic E-state index is 10.9. The molecular weight excluding hydrogens is 208 g/mol. The zero-order chi connectivity index (χ0) is 12.0. The van der Waals surface area contributed by atoms with E-state index in [4.69, 9.17) is 10.8 Å². The highest BCUT2D eigenvalue weighted by Gasteiger charge is 2.19. The van der Waals surface area contributed by atoms with Crippen LogP contribution in [-0.4, -0.2) is 35.0 Å². The molecule has 0 aromatic heterocycles. The second kappa shape index (κ2) is 6.22. The third kappa shape index (κ3) is 3.98. The first-order chi connectivity index (χ1) is 7.63. The molecule has 0 radical (unpaired) electrons. The van der Waals surface area contributed by atoms with Crippen LogP contribution in [0.5, 0.6) is 0 Å². The van der Waals surface area contributed by atoms with Gasteiger partial charge in [-0.25, -0.2) is 0 Å². The molecule has 2 atom stereocenters. The normalized spacial score (nSPS) is 14.4. The van der Waals surface area contributed by atoms with Crippen LogP contribution in [0.2, 0.25) is 0 Å². The fourth-order valence-electron chi connectivity index (χ4n) is 1.37. The summed E-state index contributed by atoms with van der Waals surface area (Å²) in [5, 5.41) is 20.8. The van der Waals surface area contributed by atoms with Crippen LogP contribution < -0.4 is 11.1 Å². The maximum absolute atomic E-state index is 10.9. The van der Waals surface area contributed by atoms with Crippen LogP contribution in [0.3, 0.4) is 0 Å². The number of rotatable bonds is 6. The molecule has 5 N–H and O–H groups in total. The Balaban J connectivity index is 2.62. The molecule has 88 valence electrons. The van der Waals surface area contributed by atoms with Gasteiger partial charge in [-0.3, -0.25) is 10.1 Å². The van der Waals surface area contributed by atoms with Crippen molar-refractivity contribution in [2.45, 2.75) is 18.7 Å². The van der Waals surface area contributed by atoms with E-state index >= 15 is 0 Å². The lowest BCUT2D eigenvalue weighted by Crippen LogP contribution is -2.47. The highest BCUT2D eigenvalue weighted by atomic mass is 16.4. The van der Waals surface area contributed by atoms with Crippen molar-refractivity contribution in [3.8, 4) is 0 Å². The Morgan fingerprint density at radius 1 is 1.38 bits per heavy atom. The van der Waals surface area contributed by atoms with Crippen LogP contribution in [0, 0.1) is 0 Å². The smallest absolute Gasteiger partial charge is 0.321 e. The van der Waals surface area contributed by atoms with E-state index in [1.807, 2.05) is 30.3 Å². The summed E-state index contributed by atoms with van der Waals surface area (Å²) >= 11 is 0. The lowest BCUT2D eigenvalue weighted by molar-refractivity contribution is -0.140. The van der Waals surface area contributed by atoms with Gasteiger partial charge in [0.05, 0.1) is 0 Å². The fourth-order valence-corrected chi connectivity index (χ4v) is 1.37. The molecule has 0 spiro atoms. The molecule has 0 saturated heterocycles. The van der Waals surface area contributed by atoms with Gasteiger partial charge in [-0.1, -0.05) is 30.3 Å². The Kier molecular flexibility index (Phi) is 4.91. The quantitative estimate of drug-likeness (QED) is 0.491. The van der Waals surface area contributed by atoms with Crippen LogP contribution in [0.1, 0.15) is 5.56 Å². The van der Waals surface area contributed by atoms with Gasteiger partial charge < -0.3 is 15.9 Å². The van der Waals surface area contributed by atoms with Crippen LogP contribution in [0.15, 0.2) is 30.3 Å². The molecule has 0 heterocycles. The van der Waals surface area contributed by atoms with Gasteiger partial charge in [0, 0.05) is 6.54 Å². The fraction of sp³-hybridized carbons (Fsp3) is 0.364. The molecule has 0 bridgehead atoms. The lowest BCUT2D eigenvalue weighted by atomic mass is 10.1. The molecule has 5 nitrogen and oxygen atoms in total. The van der Waals surface area contributed by atoms with Crippen LogP contribution >= 0.6 is 0 Å². The number of carboxylic acids is 1. The van der Waals surface area contributed by atoms with Gasteiger partial charge in [-0.15, -0.1) is 0 Å². The number of carbonyl (C=O) groups is 1. The second-order valence-electron chi connectivity index (χ2n) is 3.50. The molecule has 0 fully saturated rings.